The highest BCUT2D eigenvalue weighted by Crippen LogP contribution is 2.23. The van der Waals surface area contributed by atoms with Gasteiger partial charge in [-0.05, 0) is 20.9 Å². The first-order chi connectivity index (χ1) is 6.70. The molecule has 0 saturated heterocycles. The van der Waals surface area contributed by atoms with E-state index in [9.17, 15) is 0 Å². The molecule has 0 aliphatic heterocycles. The van der Waals surface area contributed by atoms with Crippen LogP contribution in [-0.4, -0.2) is 25.7 Å². The molecule has 0 spiro atoms. The number of nitrogens with one attached hydrogen (secondary N) is 1. The van der Waals surface area contributed by atoms with Gasteiger partial charge in [-0.1, -0.05) is 0 Å². The molecule has 1 aromatic rings. The fraction of sp³-hybridized carbons (Fsp3) is 0.545. The Morgan fingerprint density at radius 1 is 1.43 bits per heavy atom. The first-order valence-electron chi connectivity index (χ1n) is 4.84. The van der Waals surface area contributed by atoms with E-state index in [1.165, 1.54) is 0 Å². The molecule has 0 radical (unpaired) electrons. The summed E-state index contributed by atoms with van der Waals surface area (Å²) in [6.45, 7) is 5.02. The molecule has 3 nitrogen and oxygen atoms in total. The van der Waals surface area contributed by atoms with Crippen molar-refractivity contribution in [3.8, 4) is 5.75 Å². The van der Waals surface area contributed by atoms with Crippen molar-refractivity contribution in [1.29, 1.82) is 0 Å². The fourth-order valence-corrected chi connectivity index (χ4v) is 1.57. The second-order valence-corrected chi connectivity index (χ2v) is 3.40. The lowest BCUT2D eigenvalue weighted by Gasteiger charge is -2.11. The van der Waals surface area contributed by atoms with Crippen LogP contribution in [0.3, 0.4) is 0 Å². The molecule has 0 atom stereocenters. The van der Waals surface area contributed by atoms with Crippen molar-refractivity contribution in [2.45, 2.75) is 20.3 Å². The summed E-state index contributed by atoms with van der Waals surface area (Å²) in [4.78, 5) is 4.40. The van der Waals surface area contributed by atoms with Gasteiger partial charge in [0.1, 0.15) is 5.75 Å². The van der Waals surface area contributed by atoms with Crippen molar-refractivity contribution in [3.05, 3.63) is 23.0 Å². The van der Waals surface area contributed by atoms with E-state index in [1.807, 2.05) is 20.2 Å². The van der Waals surface area contributed by atoms with E-state index in [0.29, 0.717) is 0 Å². The normalized spacial score (nSPS) is 10.3. The van der Waals surface area contributed by atoms with Gasteiger partial charge in [0.2, 0.25) is 0 Å². The van der Waals surface area contributed by atoms with Crippen LogP contribution in [0.25, 0.3) is 0 Å². The van der Waals surface area contributed by atoms with Gasteiger partial charge in [-0.15, -0.1) is 0 Å². The molecule has 14 heavy (non-hydrogen) atoms. The van der Waals surface area contributed by atoms with Gasteiger partial charge < -0.3 is 10.1 Å². The number of ether oxygens (including phenoxy) is 1. The predicted octanol–water partition coefficient (Wildman–Crippen LogP) is 1.47. The van der Waals surface area contributed by atoms with E-state index in [0.717, 1.165) is 35.5 Å². The molecule has 1 N–H and O–H groups in total. The van der Waals surface area contributed by atoms with Crippen LogP contribution < -0.4 is 10.1 Å². The van der Waals surface area contributed by atoms with Crippen LogP contribution in [0.4, 0.5) is 0 Å². The second-order valence-electron chi connectivity index (χ2n) is 3.40. The van der Waals surface area contributed by atoms with Crippen molar-refractivity contribution < 1.29 is 4.74 Å². The third-order valence-corrected chi connectivity index (χ3v) is 2.36. The molecule has 0 unspecified atom stereocenters. The lowest BCUT2D eigenvalue weighted by Crippen LogP contribution is -2.12. The van der Waals surface area contributed by atoms with Gasteiger partial charge in [-0.25, -0.2) is 0 Å². The highest BCUT2D eigenvalue weighted by atomic mass is 16.5. The average molecular weight is 194 g/mol. The summed E-state index contributed by atoms with van der Waals surface area (Å²) in [7, 11) is 3.65. The summed E-state index contributed by atoms with van der Waals surface area (Å²) < 4.78 is 5.34. The molecule has 1 rings (SSSR count). The van der Waals surface area contributed by atoms with Crippen LogP contribution in [0.15, 0.2) is 6.20 Å². The number of hydrogen-bond acceptors (Lipinski definition) is 3. The average Bonchev–Trinajstić information content (AvgIpc) is 2.18. The van der Waals surface area contributed by atoms with E-state index in [1.54, 1.807) is 7.11 Å². The van der Waals surface area contributed by atoms with Gasteiger partial charge in [0.25, 0.3) is 0 Å². The lowest BCUT2D eigenvalue weighted by atomic mass is 10.1. The molecule has 3 heteroatoms. The molecule has 0 bridgehead atoms. The summed E-state index contributed by atoms with van der Waals surface area (Å²) in [5.41, 5.74) is 3.36. The third kappa shape index (κ3) is 2.23. The summed E-state index contributed by atoms with van der Waals surface area (Å²) in [5, 5.41) is 3.11. The van der Waals surface area contributed by atoms with E-state index < -0.39 is 0 Å². The minimum Gasteiger partial charge on any atom is -0.496 e. The zero-order valence-electron chi connectivity index (χ0n) is 9.35. The maximum absolute atomic E-state index is 5.34. The van der Waals surface area contributed by atoms with Crippen LogP contribution >= 0.6 is 0 Å². The van der Waals surface area contributed by atoms with Crippen LogP contribution in [0.2, 0.25) is 0 Å². The SMILES string of the molecule is CNCCc1ncc(C)c(OC)c1C. The number of nitrogens with zero attached hydrogens (tertiary/aromatic N) is 1. The Kier molecular flexibility index (Phi) is 3.89. The molecule has 0 saturated carbocycles. The molecule has 78 valence electrons. The smallest absolute Gasteiger partial charge is 0.128 e. The Morgan fingerprint density at radius 2 is 2.14 bits per heavy atom. The Hall–Kier alpha value is -1.09. The second kappa shape index (κ2) is 4.96. The number of rotatable bonds is 4. The summed E-state index contributed by atoms with van der Waals surface area (Å²) in [5.74, 6) is 0.964. The quantitative estimate of drug-likeness (QED) is 0.788. The van der Waals surface area contributed by atoms with Crippen molar-refractivity contribution in [3.63, 3.8) is 0 Å². The summed E-state index contributed by atoms with van der Waals surface area (Å²) in [6, 6.07) is 0. The van der Waals surface area contributed by atoms with Crippen LogP contribution in [0.5, 0.6) is 5.75 Å². The van der Waals surface area contributed by atoms with Crippen LogP contribution in [0, 0.1) is 13.8 Å². The third-order valence-electron chi connectivity index (χ3n) is 2.36. The van der Waals surface area contributed by atoms with E-state index in [-0.39, 0.29) is 0 Å². The lowest BCUT2D eigenvalue weighted by molar-refractivity contribution is 0.407. The maximum atomic E-state index is 5.34. The van der Waals surface area contributed by atoms with Gasteiger partial charge in [-0.3, -0.25) is 4.98 Å². The highest BCUT2D eigenvalue weighted by Gasteiger charge is 2.08. The monoisotopic (exact) mass is 194 g/mol. The van der Waals surface area contributed by atoms with Crippen molar-refractivity contribution in [1.82, 2.24) is 10.3 Å². The Labute approximate surface area is 85.5 Å². The molecule has 0 amide bonds. The number of likely N-dealkylation sites (N-methyl/N-ethyl adjacent to an activating group) is 1. The van der Waals surface area contributed by atoms with E-state index in [4.69, 9.17) is 4.74 Å². The molecule has 0 aliphatic rings. The largest absolute Gasteiger partial charge is 0.496 e. The van der Waals surface area contributed by atoms with Gasteiger partial charge >= 0.3 is 0 Å². The van der Waals surface area contributed by atoms with E-state index >= 15 is 0 Å². The molecular weight excluding hydrogens is 176 g/mol. The van der Waals surface area contributed by atoms with E-state index in [2.05, 4.69) is 17.2 Å². The Balaban J connectivity index is 2.96. The minimum absolute atomic E-state index is 0.943. The number of methoxy groups -OCH3 is 1. The number of pyridine rings is 1. The highest BCUT2D eigenvalue weighted by molar-refractivity contribution is 5.41. The molecule has 0 aliphatic carbocycles. The first-order valence-corrected chi connectivity index (χ1v) is 4.84. The minimum atomic E-state index is 0.943. The van der Waals surface area contributed by atoms with Crippen molar-refractivity contribution in [2.24, 2.45) is 0 Å². The summed E-state index contributed by atoms with van der Waals surface area (Å²) >= 11 is 0. The summed E-state index contributed by atoms with van der Waals surface area (Å²) in [6.07, 6.45) is 2.82. The van der Waals surface area contributed by atoms with Crippen molar-refractivity contribution >= 4 is 0 Å². The standard InChI is InChI=1S/C11H18N2O/c1-8-7-13-10(5-6-12-3)9(2)11(8)14-4/h7,12H,5-6H2,1-4H3. The molecule has 0 fully saturated rings. The topological polar surface area (TPSA) is 34.2 Å². The predicted molar refractivity (Wildman–Crippen MR) is 57.9 cm³/mol. The van der Waals surface area contributed by atoms with Crippen LogP contribution in [0.1, 0.15) is 16.8 Å². The van der Waals surface area contributed by atoms with Gasteiger partial charge in [0, 0.05) is 36.0 Å². The van der Waals surface area contributed by atoms with Gasteiger partial charge in [0.15, 0.2) is 0 Å². The molecule has 0 aromatic carbocycles. The molecule has 1 heterocycles. The zero-order chi connectivity index (χ0) is 10.6. The maximum Gasteiger partial charge on any atom is 0.128 e. The Bertz CT molecular complexity index is 310. The van der Waals surface area contributed by atoms with Gasteiger partial charge in [0.05, 0.1) is 7.11 Å². The number of aryl methyl sites for hydroxylation is 1. The van der Waals surface area contributed by atoms with Crippen molar-refractivity contribution in [2.75, 3.05) is 20.7 Å². The zero-order valence-corrected chi connectivity index (χ0v) is 9.35. The van der Waals surface area contributed by atoms with Gasteiger partial charge in [-0.2, -0.15) is 0 Å². The fourth-order valence-electron chi connectivity index (χ4n) is 1.57. The number of aromatic nitrogens is 1. The molecule has 1 aromatic heterocycles. The first kappa shape index (κ1) is 11.0. The number of hydrogen-bond donors (Lipinski definition) is 1. The molecular formula is C11H18N2O. The Morgan fingerprint density at radius 3 is 2.71 bits per heavy atom. The van der Waals surface area contributed by atoms with Crippen LogP contribution in [-0.2, 0) is 6.42 Å².